The van der Waals surface area contributed by atoms with Crippen molar-refractivity contribution in [3.63, 3.8) is 0 Å². The number of aromatic nitrogens is 1. The largest absolute Gasteiger partial charge is 0.383 e. The molecule has 1 heterocycles. The van der Waals surface area contributed by atoms with Gasteiger partial charge in [-0.15, -0.1) is 0 Å². The second-order valence-electron chi connectivity index (χ2n) is 4.98. The van der Waals surface area contributed by atoms with Gasteiger partial charge in [0.2, 0.25) is 0 Å². The number of rotatable bonds is 8. The van der Waals surface area contributed by atoms with Crippen LogP contribution in [0.2, 0.25) is 0 Å². The molecule has 1 rings (SSSR count). The Bertz CT molecular complexity index is 410. The zero-order valence-electron chi connectivity index (χ0n) is 12.2. The van der Waals surface area contributed by atoms with E-state index < -0.39 is 0 Å². The summed E-state index contributed by atoms with van der Waals surface area (Å²) in [5.74, 6) is 0.219. The molecule has 3 nitrogen and oxygen atoms in total. The maximum absolute atomic E-state index is 12.3. The first-order chi connectivity index (χ1) is 9.15. The molecule has 104 valence electrons. The SMILES string of the molecule is CCCCCCC(=O)C(=CN(C)C)c1ccncc1. The highest BCUT2D eigenvalue weighted by Crippen LogP contribution is 2.18. The Morgan fingerprint density at radius 1 is 1.21 bits per heavy atom. The summed E-state index contributed by atoms with van der Waals surface area (Å²) in [7, 11) is 3.87. The standard InChI is InChI=1S/C16H24N2O/c1-4-5-6-7-8-16(19)15(13-18(2)3)14-9-11-17-12-10-14/h9-13H,4-8H2,1-3H3. The average Bonchev–Trinajstić information content (AvgIpc) is 2.41. The summed E-state index contributed by atoms with van der Waals surface area (Å²) < 4.78 is 0. The van der Waals surface area contributed by atoms with Crippen molar-refractivity contribution in [3.05, 3.63) is 36.3 Å². The fourth-order valence-electron chi connectivity index (χ4n) is 1.94. The van der Waals surface area contributed by atoms with Crippen LogP contribution in [0.3, 0.4) is 0 Å². The van der Waals surface area contributed by atoms with E-state index in [4.69, 9.17) is 0 Å². The summed E-state index contributed by atoms with van der Waals surface area (Å²) in [5, 5.41) is 0. The van der Waals surface area contributed by atoms with Crippen molar-refractivity contribution < 1.29 is 4.79 Å². The van der Waals surface area contributed by atoms with Gasteiger partial charge in [-0.25, -0.2) is 0 Å². The predicted molar refractivity (Wildman–Crippen MR) is 79.7 cm³/mol. The summed E-state index contributed by atoms with van der Waals surface area (Å²) in [5.41, 5.74) is 1.73. The quantitative estimate of drug-likeness (QED) is 0.529. The number of nitrogens with zero attached hydrogens (tertiary/aromatic N) is 2. The third-order valence-electron chi connectivity index (χ3n) is 2.94. The second kappa shape index (κ2) is 8.46. The fraction of sp³-hybridized carbons (Fsp3) is 0.500. The molecule has 19 heavy (non-hydrogen) atoms. The van der Waals surface area contributed by atoms with Crippen molar-refractivity contribution in [2.75, 3.05) is 14.1 Å². The minimum absolute atomic E-state index is 0.219. The number of pyridine rings is 1. The van der Waals surface area contributed by atoms with Crippen molar-refractivity contribution in [1.29, 1.82) is 0 Å². The number of allylic oxidation sites excluding steroid dienone is 1. The van der Waals surface area contributed by atoms with Crippen LogP contribution >= 0.6 is 0 Å². The van der Waals surface area contributed by atoms with Gasteiger partial charge >= 0.3 is 0 Å². The number of carbonyl (C=O) groups excluding carboxylic acids is 1. The molecule has 0 aliphatic heterocycles. The molecule has 0 saturated heterocycles. The smallest absolute Gasteiger partial charge is 0.164 e. The van der Waals surface area contributed by atoms with Crippen molar-refractivity contribution in [3.8, 4) is 0 Å². The number of hydrogen-bond acceptors (Lipinski definition) is 3. The highest BCUT2D eigenvalue weighted by Gasteiger charge is 2.12. The van der Waals surface area contributed by atoms with E-state index in [1.165, 1.54) is 12.8 Å². The molecular formula is C16H24N2O. The van der Waals surface area contributed by atoms with E-state index in [-0.39, 0.29) is 5.78 Å². The summed E-state index contributed by atoms with van der Waals surface area (Å²) >= 11 is 0. The molecule has 0 atom stereocenters. The summed E-state index contributed by atoms with van der Waals surface area (Å²) in [6, 6.07) is 3.78. The lowest BCUT2D eigenvalue weighted by atomic mass is 9.99. The molecule has 0 fully saturated rings. The molecule has 1 aromatic rings. The number of carbonyl (C=O) groups is 1. The molecule has 1 aromatic heterocycles. The first-order valence-electron chi connectivity index (χ1n) is 6.97. The Balaban J connectivity index is 2.73. The van der Waals surface area contributed by atoms with Gasteiger partial charge in [-0.1, -0.05) is 26.2 Å². The van der Waals surface area contributed by atoms with E-state index in [9.17, 15) is 4.79 Å². The highest BCUT2D eigenvalue weighted by atomic mass is 16.1. The van der Waals surface area contributed by atoms with Crippen molar-refractivity contribution in [1.82, 2.24) is 9.88 Å². The van der Waals surface area contributed by atoms with E-state index in [1.54, 1.807) is 12.4 Å². The number of unbranched alkanes of at least 4 members (excludes halogenated alkanes) is 3. The van der Waals surface area contributed by atoms with Crippen LogP contribution in [0.15, 0.2) is 30.7 Å². The lowest BCUT2D eigenvalue weighted by Gasteiger charge is -2.11. The van der Waals surface area contributed by atoms with Crippen molar-refractivity contribution in [2.45, 2.75) is 39.0 Å². The van der Waals surface area contributed by atoms with E-state index in [0.29, 0.717) is 6.42 Å². The molecule has 0 saturated carbocycles. The van der Waals surface area contributed by atoms with Crippen LogP contribution in [0.1, 0.15) is 44.6 Å². The van der Waals surface area contributed by atoms with E-state index in [1.807, 2.05) is 37.3 Å². The van der Waals surface area contributed by atoms with E-state index >= 15 is 0 Å². The normalized spacial score (nSPS) is 11.4. The minimum atomic E-state index is 0.219. The van der Waals surface area contributed by atoms with E-state index in [0.717, 1.165) is 24.0 Å². The predicted octanol–water partition coefficient (Wildman–Crippen LogP) is 3.52. The van der Waals surface area contributed by atoms with Crippen LogP contribution in [0.25, 0.3) is 5.57 Å². The molecular weight excluding hydrogens is 236 g/mol. The van der Waals surface area contributed by atoms with Gasteiger partial charge in [-0.05, 0) is 24.1 Å². The van der Waals surface area contributed by atoms with Gasteiger partial charge in [0.15, 0.2) is 5.78 Å². The molecule has 0 aromatic carbocycles. The average molecular weight is 260 g/mol. The van der Waals surface area contributed by atoms with Crippen LogP contribution in [-0.4, -0.2) is 29.8 Å². The monoisotopic (exact) mass is 260 g/mol. The number of Topliss-reactive ketones (excluding diaryl/α,β-unsaturated/α-hetero) is 1. The molecule has 0 bridgehead atoms. The number of ketones is 1. The van der Waals surface area contributed by atoms with Gasteiger partial charge in [-0.2, -0.15) is 0 Å². The number of hydrogen-bond donors (Lipinski definition) is 0. The molecule has 0 spiro atoms. The van der Waals surface area contributed by atoms with Gasteiger partial charge < -0.3 is 4.90 Å². The molecule has 0 aliphatic carbocycles. The first kappa shape index (κ1) is 15.4. The summed E-state index contributed by atoms with van der Waals surface area (Å²) in [6.07, 6.45) is 10.5. The third kappa shape index (κ3) is 5.69. The van der Waals surface area contributed by atoms with Gasteiger partial charge in [0.1, 0.15) is 0 Å². The van der Waals surface area contributed by atoms with Gasteiger partial charge in [0.25, 0.3) is 0 Å². The third-order valence-corrected chi connectivity index (χ3v) is 2.94. The highest BCUT2D eigenvalue weighted by molar-refractivity contribution is 6.20. The van der Waals surface area contributed by atoms with Crippen LogP contribution in [0.5, 0.6) is 0 Å². The van der Waals surface area contributed by atoms with Crippen molar-refractivity contribution >= 4 is 11.4 Å². The topological polar surface area (TPSA) is 33.2 Å². The van der Waals surface area contributed by atoms with Crippen LogP contribution < -0.4 is 0 Å². The first-order valence-corrected chi connectivity index (χ1v) is 6.97. The Morgan fingerprint density at radius 2 is 1.89 bits per heavy atom. The minimum Gasteiger partial charge on any atom is -0.383 e. The molecule has 3 heteroatoms. The van der Waals surface area contributed by atoms with Crippen LogP contribution in [-0.2, 0) is 4.79 Å². The maximum atomic E-state index is 12.3. The Kier molecular flexibility index (Phi) is 6.86. The molecule has 0 amide bonds. The van der Waals surface area contributed by atoms with Gasteiger partial charge in [0.05, 0.1) is 0 Å². The Hall–Kier alpha value is -1.64. The lowest BCUT2D eigenvalue weighted by Crippen LogP contribution is -2.09. The van der Waals surface area contributed by atoms with E-state index in [2.05, 4.69) is 11.9 Å². The zero-order valence-corrected chi connectivity index (χ0v) is 12.2. The Labute approximate surface area is 116 Å². The van der Waals surface area contributed by atoms with Crippen LogP contribution in [0.4, 0.5) is 0 Å². The maximum Gasteiger partial charge on any atom is 0.164 e. The van der Waals surface area contributed by atoms with Gasteiger partial charge in [-0.3, -0.25) is 9.78 Å². The molecule has 0 N–H and O–H groups in total. The zero-order chi connectivity index (χ0) is 14.1. The summed E-state index contributed by atoms with van der Waals surface area (Å²) in [4.78, 5) is 18.2. The molecule has 0 radical (unpaired) electrons. The van der Waals surface area contributed by atoms with Crippen LogP contribution in [0, 0.1) is 0 Å². The fourth-order valence-corrected chi connectivity index (χ4v) is 1.94. The summed E-state index contributed by atoms with van der Waals surface area (Å²) in [6.45, 7) is 2.18. The van der Waals surface area contributed by atoms with Gasteiger partial charge in [0, 0.05) is 44.7 Å². The van der Waals surface area contributed by atoms with Crippen molar-refractivity contribution in [2.24, 2.45) is 0 Å². The lowest BCUT2D eigenvalue weighted by molar-refractivity contribution is -0.113. The second-order valence-corrected chi connectivity index (χ2v) is 4.98. The Morgan fingerprint density at radius 3 is 2.47 bits per heavy atom. The molecule has 0 aliphatic rings. The molecule has 0 unspecified atom stereocenters.